The highest BCUT2D eigenvalue weighted by atomic mass is 19.3. The quantitative estimate of drug-likeness (QED) is 0.936. The molecule has 1 unspecified atom stereocenters. The van der Waals surface area contributed by atoms with E-state index in [2.05, 4.69) is 15.2 Å². The van der Waals surface area contributed by atoms with Crippen molar-refractivity contribution >= 4 is 5.91 Å². The van der Waals surface area contributed by atoms with Gasteiger partial charge >= 0.3 is 0 Å². The number of hydrogen-bond donors (Lipinski definition) is 1. The molecule has 2 rings (SSSR count). The van der Waals surface area contributed by atoms with Crippen LogP contribution in [0.25, 0.3) is 0 Å². The van der Waals surface area contributed by atoms with E-state index in [-0.39, 0.29) is 17.4 Å². The molecule has 1 atom stereocenters. The summed E-state index contributed by atoms with van der Waals surface area (Å²) < 4.78 is 24.9. The van der Waals surface area contributed by atoms with Gasteiger partial charge in [0.1, 0.15) is 5.69 Å². The van der Waals surface area contributed by atoms with E-state index in [0.717, 1.165) is 6.07 Å². The smallest absolute Gasteiger partial charge is 0.279 e. The average Bonchev–Trinajstić information content (AvgIpc) is 2.96. The van der Waals surface area contributed by atoms with Crippen LogP contribution in [0.5, 0.6) is 0 Å². The van der Waals surface area contributed by atoms with Gasteiger partial charge in [-0.1, -0.05) is 6.07 Å². The predicted molar refractivity (Wildman–Crippen MR) is 68.3 cm³/mol. The summed E-state index contributed by atoms with van der Waals surface area (Å²) in [5, 5.41) is 5.77. The Labute approximate surface area is 114 Å². The molecule has 0 aliphatic heterocycles. The lowest BCUT2D eigenvalue weighted by Crippen LogP contribution is -2.30. The second-order valence-corrected chi connectivity index (χ2v) is 4.36. The third kappa shape index (κ3) is 2.81. The first-order valence-corrected chi connectivity index (χ1v) is 6.02. The Morgan fingerprint density at radius 3 is 2.70 bits per heavy atom. The molecular weight excluding hydrogens is 266 g/mol. The van der Waals surface area contributed by atoms with Crippen LogP contribution in [-0.4, -0.2) is 33.0 Å². The fraction of sp³-hybridized carbons (Fsp3) is 0.308. The third-order valence-corrected chi connectivity index (χ3v) is 3.07. The largest absolute Gasteiger partial charge is 0.332 e. The summed E-state index contributed by atoms with van der Waals surface area (Å²) in [6.45, 7) is 1.81. The summed E-state index contributed by atoms with van der Waals surface area (Å²) in [6.07, 6.45) is -1.05. The Kier molecular flexibility index (Phi) is 4.07. The second kappa shape index (κ2) is 5.77. The molecule has 0 radical (unpaired) electrons. The first-order chi connectivity index (χ1) is 9.50. The molecular formula is C13H14F2N4O. The van der Waals surface area contributed by atoms with E-state index in [0.29, 0.717) is 5.69 Å². The van der Waals surface area contributed by atoms with Crippen LogP contribution in [0.4, 0.5) is 8.78 Å². The number of aromatic amines is 1. The second-order valence-electron chi connectivity index (χ2n) is 4.36. The van der Waals surface area contributed by atoms with Crippen LogP contribution >= 0.6 is 0 Å². The number of H-pyrrole nitrogens is 1. The Morgan fingerprint density at radius 1 is 1.40 bits per heavy atom. The summed E-state index contributed by atoms with van der Waals surface area (Å²) >= 11 is 0. The predicted octanol–water partition coefficient (Wildman–Crippen LogP) is 2.58. The van der Waals surface area contributed by atoms with Crippen molar-refractivity contribution in [1.82, 2.24) is 20.1 Å². The van der Waals surface area contributed by atoms with Gasteiger partial charge in [0.2, 0.25) is 0 Å². The van der Waals surface area contributed by atoms with Crippen LogP contribution in [0, 0.1) is 0 Å². The molecule has 20 heavy (non-hydrogen) atoms. The highest BCUT2D eigenvalue weighted by Crippen LogP contribution is 2.20. The topological polar surface area (TPSA) is 61.9 Å². The SMILES string of the molecule is CC(c1ccccn1)N(C)C(=O)c1cc(C(F)F)[nH]n1. The molecule has 2 heterocycles. The van der Waals surface area contributed by atoms with Crippen molar-refractivity contribution in [3.63, 3.8) is 0 Å². The number of nitrogens with zero attached hydrogens (tertiary/aromatic N) is 3. The standard InChI is InChI=1S/C13H14F2N4O/c1-8(9-5-3-4-6-16-9)19(2)13(20)11-7-10(12(14)15)17-18-11/h3-8,12H,1-2H3,(H,17,18). The fourth-order valence-electron chi connectivity index (χ4n) is 1.74. The van der Waals surface area contributed by atoms with Gasteiger partial charge in [-0.2, -0.15) is 5.10 Å². The van der Waals surface area contributed by atoms with Crippen LogP contribution in [0.2, 0.25) is 0 Å². The van der Waals surface area contributed by atoms with E-state index in [9.17, 15) is 13.6 Å². The zero-order chi connectivity index (χ0) is 14.7. The molecule has 0 bridgehead atoms. The summed E-state index contributed by atoms with van der Waals surface area (Å²) in [5.74, 6) is -0.439. The van der Waals surface area contributed by atoms with Crippen molar-refractivity contribution in [3.05, 3.63) is 47.5 Å². The Morgan fingerprint density at radius 2 is 2.15 bits per heavy atom. The van der Waals surface area contributed by atoms with Crippen molar-refractivity contribution in [2.45, 2.75) is 19.4 Å². The van der Waals surface area contributed by atoms with Gasteiger partial charge < -0.3 is 4.90 Å². The Balaban J connectivity index is 2.15. The minimum atomic E-state index is -2.68. The van der Waals surface area contributed by atoms with E-state index in [1.165, 1.54) is 4.90 Å². The Hall–Kier alpha value is -2.31. The van der Waals surface area contributed by atoms with Gasteiger partial charge in [0.25, 0.3) is 12.3 Å². The van der Waals surface area contributed by atoms with Crippen LogP contribution in [-0.2, 0) is 0 Å². The third-order valence-electron chi connectivity index (χ3n) is 3.07. The Bertz CT molecular complexity index is 585. The molecule has 1 amide bonds. The molecule has 2 aromatic rings. The number of rotatable bonds is 4. The molecule has 2 aromatic heterocycles. The lowest BCUT2D eigenvalue weighted by Gasteiger charge is -2.23. The number of nitrogens with one attached hydrogen (secondary N) is 1. The maximum absolute atomic E-state index is 12.5. The lowest BCUT2D eigenvalue weighted by atomic mass is 10.2. The molecule has 0 aliphatic rings. The molecule has 0 spiro atoms. The molecule has 7 heteroatoms. The van der Waals surface area contributed by atoms with Crippen molar-refractivity contribution in [2.75, 3.05) is 7.05 Å². The van der Waals surface area contributed by atoms with Crippen LogP contribution < -0.4 is 0 Å². The maximum atomic E-state index is 12.5. The maximum Gasteiger partial charge on any atom is 0.279 e. The first-order valence-electron chi connectivity index (χ1n) is 6.02. The molecule has 0 aliphatic carbocycles. The first kappa shape index (κ1) is 14.1. The summed E-state index contributed by atoms with van der Waals surface area (Å²) in [6, 6.07) is 6.18. The molecule has 5 nitrogen and oxygen atoms in total. The number of alkyl halides is 2. The molecule has 106 valence electrons. The van der Waals surface area contributed by atoms with Crippen molar-refractivity contribution < 1.29 is 13.6 Å². The van der Waals surface area contributed by atoms with Gasteiger partial charge in [-0.15, -0.1) is 0 Å². The minimum Gasteiger partial charge on any atom is -0.332 e. The number of aromatic nitrogens is 3. The van der Waals surface area contributed by atoms with Gasteiger partial charge in [0.05, 0.1) is 11.7 Å². The highest BCUT2D eigenvalue weighted by molar-refractivity contribution is 5.92. The van der Waals surface area contributed by atoms with Crippen molar-refractivity contribution in [2.24, 2.45) is 0 Å². The average molecular weight is 280 g/mol. The van der Waals surface area contributed by atoms with Gasteiger partial charge in [0.15, 0.2) is 5.69 Å². The lowest BCUT2D eigenvalue weighted by molar-refractivity contribution is 0.0734. The molecule has 0 saturated carbocycles. The molecule has 1 N–H and O–H groups in total. The van der Waals surface area contributed by atoms with Gasteiger partial charge in [0, 0.05) is 13.2 Å². The number of carbonyl (C=O) groups excluding carboxylic acids is 1. The number of amides is 1. The van der Waals surface area contributed by atoms with E-state index < -0.39 is 12.3 Å². The number of pyridine rings is 1. The van der Waals surface area contributed by atoms with Crippen molar-refractivity contribution in [3.8, 4) is 0 Å². The van der Waals surface area contributed by atoms with E-state index in [1.54, 1.807) is 32.3 Å². The highest BCUT2D eigenvalue weighted by Gasteiger charge is 2.23. The van der Waals surface area contributed by atoms with E-state index in [1.807, 2.05) is 6.07 Å². The van der Waals surface area contributed by atoms with Crippen LogP contribution in [0.15, 0.2) is 30.5 Å². The van der Waals surface area contributed by atoms with E-state index in [4.69, 9.17) is 0 Å². The van der Waals surface area contributed by atoms with E-state index >= 15 is 0 Å². The van der Waals surface area contributed by atoms with Gasteiger partial charge in [-0.25, -0.2) is 8.78 Å². The molecule has 0 saturated heterocycles. The van der Waals surface area contributed by atoms with Crippen molar-refractivity contribution in [1.29, 1.82) is 0 Å². The van der Waals surface area contributed by atoms with Crippen LogP contribution in [0.1, 0.15) is 41.3 Å². The minimum absolute atomic E-state index is 0.0365. The van der Waals surface area contributed by atoms with Crippen LogP contribution in [0.3, 0.4) is 0 Å². The summed E-state index contributed by atoms with van der Waals surface area (Å²) in [5.41, 5.74) is 0.311. The molecule has 0 fully saturated rings. The van der Waals surface area contributed by atoms with Gasteiger partial charge in [-0.05, 0) is 25.1 Å². The monoisotopic (exact) mass is 280 g/mol. The number of hydrogen-bond acceptors (Lipinski definition) is 3. The normalized spacial score (nSPS) is 12.4. The zero-order valence-electron chi connectivity index (χ0n) is 11.0. The number of carbonyl (C=O) groups is 1. The van der Waals surface area contributed by atoms with Gasteiger partial charge in [-0.3, -0.25) is 14.9 Å². The molecule has 0 aromatic carbocycles. The summed E-state index contributed by atoms with van der Waals surface area (Å²) in [7, 11) is 1.58. The summed E-state index contributed by atoms with van der Waals surface area (Å²) in [4.78, 5) is 17.7. The number of halogens is 2. The fourth-order valence-corrected chi connectivity index (χ4v) is 1.74. The zero-order valence-corrected chi connectivity index (χ0v) is 11.0.